The monoisotopic (exact) mass is 584 g/mol. The van der Waals surface area contributed by atoms with E-state index in [0.717, 1.165) is 11.1 Å². The fourth-order valence-corrected chi connectivity index (χ4v) is 4.61. The Morgan fingerprint density at radius 2 is 1.77 bits per heavy atom. The second-order valence-corrected chi connectivity index (χ2v) is 9.43. The van der Waals surface area contributed by atoms with Crippen LogP contribution in [0.25, 0.3) is 17.0 Å². The van der Waals surface area contributed by atoms with Crippen LogP contribution in [0.1, 0.15) is 16.8 Å². The number of carbonyl (C=O) groups is 1. The number of hydrogen-bond donors (Lipinski definition) is 2. The summed E-state index contributed by atoms with van der Waals surface area (Å²) in [5, 5.41) is 5.20. The van der Waals surface area contributed by atoms with Gasteiger partial charge in [-0.2, -0.15) is 19.7 Å². The molecule has 1 amide bonds. The summed E-state index contributed by atoms with van der Waals surface area (Å²) in [6.45, 7) is -0.0909. The SMILES string of the molecule is COC(=O)N(Cc1ccc(Cl)cc1Cl)c1c(N)nc(-n2nc(Cc3ccccc3F)c3ncc(F)cc32)nc1N. The van der Waals surface area contributed by atoms with Crippen molar-refractivity contribution >= 4 is 57.7 Å². The van der Waals surface area contributed by atoms with Crippen molar-refractivity contribution < 1.29 is 18.3 Å². The van der Waals surface area contributed by atoms with E-state index in [9.17, 15) is 13.6 Å². The van der Waals surface area contributed by atoms with Crippen molar-refractivity contribution in [3.05, 3.63) is 93.2 Å². The number of fused-ring (bicyclic) bond motifs is 1. The Hall–Kier alpha value is -4.55. The first-order valence-electron chi connectivity index (χ1n) is 11.7. The largest absolute Gasteiger partial charge is 0.452 e. The number of amides is 1. The van der Waals surface area contributed by atoms with Crippen molar-refractivity contribution in [2.75, 3.05) is 23.5 Å². The fourth-order valence-electron chi connectivity index (χ4n) is 4.14. The minimum Gasteiger partial charge on any atom is -0.452 e. The summed E-state index contributed by atoms with van der Waals surface area (Å²) in [6, 6.07) is 12.2. The normalized spacial score (nSPS) is 11.1. The summed E-state index contributed by atoms with van der Waals surface area (Å²) in [5.74, 6) is -1.57. The third-order valence-corrected chi connectivity index (χ3v) is 6.58. The van der Waals surface area contributed by atoms with E-state index >= 15 is 0 Å². The van der Waals surface area contributed by atoms with E-state index in [4.69, 9.17) is 39.4 Å². The molecule has 0 aliphatic carbocycles. The maximum absolute atomic E-state index is 14.4. The lowest BCUT2D eigenvalue weighted by Gasteiger charge is -2.24. The van der Waals surface area contributed by atoms with E-state index in [1.165, 1.54) is 30.0 Å². The highest BCUT2D eigenvalue weighted by molar-refractivity contribution is 6.35. The van der Waals surface area contributed by atoms with Gasteiger partial charge in [-0.3, -0.25) is 4.90 Å². The Morgan fingerprint density at radius 3 is 2.45 bits per heavy atom. The van der Waals surface area contributed by atoms with Gasteiger partial charge in [-0.05, 0) is 29.3 Å². The summed E-state index contributed by atoms with van der Waals surface area (Å²) < 4.78 is 34.7. The van der Waals surface area contributed by atoms with Crippen LogP contribution in [-0.4, -0.2) is 37.9 Å². The molecule has 0 atom stereocenters. The molecule has 2 aromatic carbocycles. The molecule has 4 N–H and O–H groups in total. The Morgan fingerprint density at radius 1 is 1.05 bits per heavy atom. The van der Waals surface area contributed by atoms with Crippen LogP contribution in [0, 0.1) is 11.6 Å². The minimum atomic E-state index is -0.802. The van der Waals surface area contributed by atoms with Crippen LogP contribution in [0.5, 0.6) is 0 Å². The molecule has 0 radical (unpaired) electrons. The average molecular weight is 585 g/mol. The van der Waals surface area contributed by atoms with Crippen LogP contribution in [0.2, 0.25) is 10.0 Å². The van der Waals surface area contributed by atoms with E-state index in [2.05, 4.69) is 20.1 Å². The molecule has 0 fully saturated rings. The first kappa shape index (κ1) is 27.0. The van der Waals surface area contributed by atoms with E-state index in [1.807, 2.05) is 0 Å². The molecule has 0 bridgehead atoms. The molecule has 10 nitrogen and oxygen atoms in total. The molecule has 40 heavy (non-hydrogen) atoms. The molecule has 14 heteroatoms. The molecule has 0 saturated carbocycles. The Kier molecular flexibility index (Phi) is 7.37. The molecule has 0 aliphatic heterocycles. The van der Waals surface area contributed by atoms with Gasteiger partial charge in [0.1, 0.15) is 22.8 Å². The number of benzene rings is 2. The number of nitrogens with zero attached hydrogens (tertiary/aromatic N) is 6. The van der Waals surface area contributed by atoms with Crippen molar-refractivity contribution in [2.24, 2.45) is 0 Å². The maximum Gasteiger partial charge on any atom is 0.414 e. The molecular weight excluding hydrogens is 565 g/mol. The van der Waals surface area contributed by atoms with E-state index in [-0.39, 0.29) is 41.8 Å². The number of pyridine rings is 1. The topological polar surface area (TPSA) is 138 Å². The van der Waals surface area contributed by atoms with Crippen LogP contribution in [0.3, 0.4) is 0 Å². The van der Waals surface area contributed by atoms with Gasteiger partial charge in [-0.1, -0.05) is 47.5 Å². The van der Waals surface area contributed by atoms with Gasteiger partial charge in [0, 0.05) is 22.5 Å². The number of nitrogens with two attached hydrogens (primary N) is 2. The third kappa shape index (κ3) is 5.18. The molecule has 0 aliphatic rings. The first-order valence-corrected chi connectivity index (χ1v) is 12.4. The number of nitrogen functional groups attached to an aromatic ring is 2. The third-order valence-electron chi connectivity index (χ3n) is 6.00. The van der Waals surface area contributed by atoms with Crippen molar-refractivity contribution in [3.8, 4) is 5.95 Å². The molecular formula is C26H20Cl2F2N8O2. The molecule has 3 aromatic heterocycles. The number of anilines is 3. The molecule has 0 unspecified atom stereocenters. The molecule has 5 aromatic rings. The average Bonchev–Trinajstić information content (AvgIpc) is 3.27. The standard InChI is InChI=1S/C26H20Cl2F2N8O2/c1-40-26(39)37(12-14-6-7-15(27)9-17(14)28)22-23(31)34-25(35-24(22)32)38-20-10-16(29)11-33-21(20)19(36-38)8-13-4-2-3-5-18(13)30/h2-7,9-11H,8,12H2,1H3,(H4,31,32,34,35). The molecule has 204 valence electrons. The summed E-state index contributed by atoms with van der Waals surface area (Å²) in [4.78, 5) is 26.6. The summed E-state index contributed by atoms with van der Waals surface area (Å²) in [6.07, 6.45) is 0.293. The van der Waals surface area contributed by atoms with Crippen LogP contribution in [0.4, 0.5) is 30.9 Å². The predicted molar refractivity (Wildman–Crippen MR) is 147 cm³/mol. The van der Waals surface area contributed by atoms with E-state index in [0.29, 0.717) is 32.4 Å². The number of carbonyl (C=O) groups excluding carboxylic acids is 1. The van der Waals surface area contributed by atoms with Crippen molar-refractivity contribution in [3.63, 3.8) is 0 Å². The second kappa shape index (κ2) is 10.9. The lowest BCUT2D eigenvalue weighted by atomic mass is 10.1. The molecule has 0 spiro atoms. The van der Waals surface area contributed by atoms with Crippen LogP contribution in [0.15, 0.2) is 54.7 Å². The number of methoxy groups -OCH3 is 1. The molecule has 0 saturated heterocycles. The smallest absolute Gasteiger partial charge is 0.414 e. The maximum atomic E-state index is 14.4. The van der Waals surface area contributed by atoms with Gasteiger partial charge in [0.05, 0.1) is 31.1 Å². The summed E-state index contributed by atoms with van der Waals surface area (Å²) in [5.41, 5.74) is 14.3. The highest BCUT2D eigenvalue weighted by atomic mass is 35.5. The number of halogens is 4. The number of rotatable bonds is 6. The quantitative estimate of drug-likeness (QED) is 0.273. The van der Waals surface area contributed by atoms with Gasteiger partial charge in [0.2, 0.25) is 0 Å². The van der Waals surface area contributed by atoms with Gasteiger partial charge in [0.15, 0.2) is 11.6 Å². The number of hydrogen-bond acceptors (Lipinski definition) is 8. The van der Waals surface area contributed by atoms with Crippen LogP contribution < -0.4 is 16.4 Å². The van der Waals surface area contributed by atoms with Crippen LogP contribution >= 0.6 is 23.2 Å². The van der Waals surface area contributed by atoms with E-state index < -0.39 is 17.7 Å². The zero-order valence-corrected chi connectivity index (χ0v) is 22.3. The Bertz CT molecular complexity index is 1740. The highest BCUT2D eigenvalue weighted by Gasteiger charge is 2.26. The van der Waals surface area contributed by atoms with Crippen molar-refractivity contribution in [2.45, 2.75) is 13.0 Å². The predicted octanol–water partition coefficient (Wildman–Crippen LogP) is 5.32. The zero-order chi connectivity index (χ0) is 28.6. The molecule has 5 rings (SSSR count). The molecule has 3 heterocycles. The lowest BCUT2D eigenvalue weighted by molar-refractivity contribution is 0.178. The summed E-state index contributed by atoms with van der Waals surface area (Å²) >= 11 is 12.3. The van der Waals surface area contributed by atoms with E-state index in [1.54, 1.807) is 30.3 Å². The minimum absolute atomic E-state index is 0.0334. The van der Waals surface area contributed by atoms with Gasteiger partial charge in [-0.15, -0.1) is 0 Å². The van der Waals surface area contributed by atoms with Gasteiger partial charge in [-0.25, -0.2) is 18.6 Å². The van der Waals surface area contributed by atoms with Gasteiger partial charge >= 0.3 is 6.09 Å². The zero-order valence-electron chi connectivity index (χ0n) is 20.8. The number of aromatic nitrogens is 5. The van der Waals surface area contributed by atoms with Crippen LogP contribution in [-0.2, 0) is 17.7 Å². The van der Waals surface area contributed by atoms with Crippen molar-refractivity contribution in [1.82, 2.24) is 24.7 Å². The first-order chi connectivity index (χ1) is 19.2. The summed E-state index contributed by atoms with van der Waals surface area (Å²) in [7, 11) is 1.19. The lowest BCUT2D eigenvalue weighted by Crippen LogP contribution is -2.32. The Labute approximate surface area is 236 Å². The second-order valence-electron chi connectivity index (χ2n) is 8.58. The highest BCUT2D eigenvalue weighted by Crippen LogP contribution is 2.33. The fraction of sp³-hybridized carbons (Fsp3) is 0.115. The number of ether oxygens (including phenoxy) is 1. The van der Waals surface area contributed by atoms with Gasteiger partial charge < -0.3 is 16.2 Å². The van der Waals surface area contributed by atoms with Crippen molar-refractivity contribution in [1.29, 1.82) is 0 Å². The Balaban J connectivity index is 1.59. The van der Waals surface area contributed by atoms with Gasteiger partial charge in [0.25, 0.3) is 5.95 Å².